The van der Waals surface area contributed by atoms with Gasteiger partial charge in [0, 0.05) is 17.7 Å². The standard InChI is InChI=1S/C33H40O21/c1-9-28(53-33-26(46)23(43)20(40)17(8-35)52-33)24(44)27(47)31(48-9)54-30-21(41)18-14(38)5-11(49-32-25(45)22(42)19(39)16(7-34)51-32)6-15(18)50-29(30)10-2-3-12(36)13(37)4-10/h2-6,9,16-17,19-20,22-28,31-40,42-47H,7-8H2,1H3/t9-,16+,17+,19-,20+,22+,23-,24-,25+,26+,27+,28-,31-,32+,33-/m0/s1. The van der Waals surface area contributed by atoms with Crippen molar-refractivity contribution in [2.24, 2.45) is 0 Å². The summed E-state index contributed by atoms with van der Waals surface area (Å²) < 4.78 is 39.3. The van der Waals surface area contributed by atoms with Crippen molar-refractivity contribution >= 4 is 11.0 Å². The average molecular weight is 773 g/mol. The predicted molar refractivity (Wildman–Crippen MR) is 173 cm³/mol. The molecule has 3 fully saturated rings. The Bertz CT molecular complexity index is 1850. The molecule has 0 saturated carbocycles. The number of aliphatic hydroxyl groups is 10. The molecule has 3 aliphatic rings. The first-order chi connectivity index (χ1) is 25.6. The lowest BCUT2D eigenvalue weighted by molar-refractivity contribution is -0.348. The number of benzene rings is 2. The first-order valence-corrected chi connectivity index (χ1v) is 16.5. The van der Waals surface area contributed by atoms with Crippen molar-refractivity contribution in [3.63, 3.8) is 0 Å². The fourth-order valence-electron chi connectivity index (χ4n) is 6.33. The number of rotatable bonds is 9. The molecule has 21 nitrogen and oxygen atoms in total. The van der Waals surface area contributed by atoms with Gasteiger partial charge in [0.25, 0.3) is 0 Å². The van der Waals surface area contributed by atoms with E-state index in [9.17, 15) is 71.2 Å². The van der Waals surface area contributed by atoms with E-state index >= 15 is 0 Å². The van der Waals surface area contributed by atoms with Gasteiger partial charge >= 0.3 is 0 Å². The Morgan fingerprint density at radius 1 is 0.630 bits per heavy atom. The molecule has 3 aromatic rings. The molecule has 0 unspecified atom stereocenters. The molecule has 21 heteroatoms. The molecule has 15 atom stereocenters. The number of hydrogen-bond acceptors (Lipinski definition) is 21. The van der Waals surface area contributed by atoms with Crippen LogP contribution in [0.3, 0.4) is 0 Å². The molecule has 0 amide bonds. The number of hydrogen-bond donors (Lipinski definition) is 13. The van der Waals surface area contributed by atoms with Gasteiger partial charge < -0.3 is 99.2 Å². The molecule has 0 bridgehead atoms. The van der Waals surface area contributed by atoms with E-state index in [0.29, 0.717) is 0 Å². The summed E-state index contributed by atoms with van der Waals surface area (Å²) in [6, 6.07) is 5.23. The fraction of sp³-hybridized carbons (Fsp3) is 0.545. The van der Waals surface area contributed by atoms with Gasteiger partial charge in [0.15, 0.2) is 23.5 Å². The van der Waals surface area contributed by atoms with Crippen molar-refractivity contribution in [2.75, 3.05) is 13.2 Å². The van der Waals surface area contributed by atoms with Crippen LogP contribution in [-0.2, 0) is 18.9 Å². The molecule has 0 aliphatic carbocycles. The van der Waals surface area contributed by atoms with Crippen LogP contribution in [0.4, 0.5) is 0 Å². The number of aliphatic hydroxyl groups excluding tert-OH is 10. The highest BCUT2D eigenvalue weighted by molar-refractivity contribution is 5.88. The van der Waals surface area contributed by atoms with Gasteiger partial charge in [-0.3, -0.25) is 4.79 Å². The van der Waals surface area contributed by atoms with E-state index in [1.54, 1.807) is 0 Å². The van der Waals surface area contributed by atoms with Gasteiger partial charge in [0.1, 0.15) is 89.6 Å². The Labute approximate surface area is 303 Å². The van der Waals surface area contributed by atoms with Crippen LogP contribution in [-0.4, -0.2) is 172 Å². The van der Waals surface area contributed by atoms with Crippen LogP contribution in [0.5, 0.6) is 28.7 Å². The smallest absolute Gasteiger partial charge is 0.239 e. The molecule has 4 heterocycles. The fourth-order valence-corrected chi connectivity index (χ4v) is 6.33. The van der Waals surface area contributed by atoms with Gasteiger partial charge in [-0.05, 0) is 25.1 Å². The molecule has 2 aromatic carbocycles. The van der Waals surface area contributed by atoms with Crippen LogP contribution in [0.25, 0.3) is 22.3 Å². The molecule has 298 valence electrons. The summed E-state index contributed by atoms with van der Waals surface area (Å²) in [5.41, 5.74) is -1.57. The summed E-state index contributed by atoms with van der Waals surface area (Å²) in [5.74, 6) is -3.49. The second-order valence-electron chi connectivity index (χ2n) is 13.0. The minimum Gasteiger partial charge on any atom is -0.507 e. The molecular formula is C33H40O21. The lowest BCUT2D eigenvalue weighted by Gasteiger charge is -2.45. The van der Waals surface area contributed by atoms with Gasteiger partial charge in [-0.1, -0.05) is 0 Å². The molecule has 13 N–H and O–H groups in total. The zero-order valence-electron chi connectivity index (χ0n) is 28.0. The predicted octanol–water partition coefficient (Wildman–Crippen LogP) is -4.21. The molecule has 3 aliphatic heterocycles. The maximum Gasteiger partial charge on any atom is 0.239 e. The monoisotopic (exact) mass is 772 g/mol. The van der Waals surface area contributed by atoms with Gasteiger partial charge in [-0.25, -0.2) is 0 Å². The number of phenols is 3. The summed E-state index contributed by atoms with van der Waals surface area (Å²) >= 11 is 0. The summed E-state index contributed by atoms with van der Waals surface area (Å²) in [5, 5.41) is 133. The maximum absolute atomic E-state index is 14.0. The Morgan fingerprint density at radius 2 is 1.20 bits per heavy atom. The highest BCUT2D eigenvalue weighted by Crippen LogP contribution is 2.40. The summed E-state index contributed by atoms with van der Waals surface area (Å²) in [6.45, 7) is -0.166. The van der Waals surface area contributed by atoms with Crippen LogP contribution in [0, 0.1) is 0 Å². The number of aromatic hydroxyl groups is 3. The summed E-state index contributed by atoms with van der Waals surface area (Å²) in [4.78, 5) is 14.0. The van der Waals surface area contributed by atoms with E-state index < -0.39 is 145 Å². The lowest BCUT2D eigenvalue weighted by atomic mass is 9.97. The van der Waals surface area contributed by atoms with Crippen molar-refractivity contribution in [1.82, 2.24) is 0 Å². The van der Waals surface area contributed by atoms with Crippen molar-refractivity contribution in [3.8, 4) is 40.1 Å². The minimum absolute atomic E-state index is 0.0956. The molecule has 1 aromatic heterocycles. The molecular weight excluding hydrogens is 732 g/mol. The van der Waals surface area contributed by atoms with Gasteiger partial charge in [0.05, 0.1) is 19.3 Å². The van der Waals surface area contributed by atoms with E-state index in [4.69, 9.17) is 32.8 Å². The van der Waals surface area contributed by atoms with Gasteiger partial charge in [0.2, 0.25) is 23.8 Å². The van der Waals surface area contributed by atoms with Gasteiger partial charge in [-0.15, -0.1) is 0 Å². The molecule has 0 radical (unpaired) electrons. The van der Waals surface area contributed by atoms with Crippen LogP contribution in [0.15, 0.2) is 39.5 Å². The van der Waals surface area contributed by atoms with Crippen LogP contribution < -0.4 is 14.9 Å². The topological polar surface area (TPSA) is 349 Å². The zero-order chi connectivity index (χ0) is 39.3. The Kier molecular flexibility index (Phi) is 11.5. The van der Waals surface area contributed by atoms with Crippen LogP contribution in [0.2, 0.25) is 0 Å². The largest absolute Gasteiger partial charge is 0.507 e. The highest BCUT2D eigenvalue weighted by atomic mass is 16.7. The number of phenolic OH excluding ortho intramolecular Hbond substituents is 3. The molecule has 3 saturated heterocycles. The van der Waals surface area contributed by atoms with E-state index in [-0.39, 0.29) is 16.9 Å². The van der Waals surface area contributed by atoms with E-state index in [2.05, 4.69) is 0 Å². The normalized spacial score (nSPS) is 37.3. The Hall–Kier alpha value is -3.91. The third-order valence-corrected chi connectivity index (χ3v) is 9.40. The average Bonchev–Trinajstić information content (AvgIpc) is 3.14. The molecule has 6 rings (SSSR count). The van der Waals surface area contributed by atoms with E-state index in [1.165, 1.54) is 13.0 Å². The Morgan fingerprint density at radius 3 is 1.81 bits per heavy atom. The second-order valence-corrected chi connectivity index (χ2v) is 13.0. The maximum atomic E-state index is 14.0. The molecule has 0 spiro atoms. The second kappa shape index (κ2) is 15.7. The van der Waals surface area contributed by atoms with Crippen molar-refractivity contribution in [1.29, 1.82) is 0 Å². The van der Waals surface area contributed by atoms with E-state index in [0.717, 1.165) is 24.3 Å². The highest BCUT2D eigenvalue weighted by Gasteiger charge is 2.51. The first-order valence-electron chi connectivity index (χ1n) is 16.5. The SMILES string of the molecule is C[C@@H]1O[C@@H](Oc2c(-c3ccc(O)c(O)c3)oc3cc(O[C@@H]4O[C@H](CO)[C@H](O)[C@@H](O)[C@H]4O)cc(O)c3c2=O)[C@H](O)[C@H](O)[C@H]1O[C@@H]1O[C@H](CO)[C@@H](O)[C@H](O)[C@H]1O. The van der Waals surface area contributed by atoms with Gasteiger partial charge in [-0.2, -0.15) is 0 Å². The van der Waals surface area contributed by atoms with E-state index in [1.807, 2.05) is 0 Å². The third-order valence-electron chi connectivity index (χ3n) is 9.40. The lowest BCUT2D eigenvalue weighted by Crippen LogP contribution is -2.64. The van der Waals surface area contributed by atoms with Crippen LogP contribution >= 0.6 is 0 Å². The summed E-state index contributed by atoms with van der Waals surface area (Å²) in [6.07, 6.45) is -25.2. The number of ether oxygens (including phenoxy) is 6. The third kappa shape index (κ3) is 7.27. The summed E-state index contributed by atoms with van der Waals surface area (Å²) in [7, 11) is 0. The number of fused-ring (bicyclic) bond motifs is 1. The zero-order valence-corrected chi connectivity index (χ0v) is 28.0. The minimum atomic E-state index is -2.02. The molecule has 54 heavy (non-hydrogen) atoms. The van der Waals surface area contributed by atoms with Crippen molar-refractivity contribution in [2.45, 2.75) is 99.0 Å². The van der Waals surface area contributed by atoms with Crippen molar-refractivity contribution in [3.05, 3.63) is 40.6 Å². The first kappa shape index (κ1) is 39.8. The quantitative estimate of drug-likeness (QED) is 0.0917. The van der Waals surface area contributed by atoms with Crippen LogP contribution in [0.1, 0.15) is 6.92 Å². The van der Waals surface area contributed by atoms with Crippen molar-refractivity contribution < 1.29 is 99.2 Å². The Balaban J connectivity index is 1.32.